The van der Waals surface area contributed by atoms with Crippen LogP contribution in [-0.4, -0.2) is 47.2 Å². The second-order valence-electron chi connectivity index (χ2n) is 5.13. The molecule has 5 heteroatoms. The van der Waals surface area contributed by atoms with E-state index in [4.69, 9.17) is 5.11 Å². The Morgan fingerprint density at radius 2 is 1.89 bits per heavy atom. The van der Waals surface area contributed by atoms with Gasteiger partial charge in [-0.2, -0.15) is 0 Å². The number of hydrogen-bond donors (Lipinski definition) is 2. The minimum atomic E-state index is -0.861. The fourth-order valence-corrected chi connectivity index (χ4v) is 2.72. The molecule has 0 aromatic rings. The normalized spacial score (nSPS) is 27.2. The zero-order valence-electron chi connectivity index (χ0n) is 11.1. The smallest absolute Gasteiger partial charge is 0.307 e. The molecule has 2 N–H and O–H groups in total. The van der Waals surface area contributed by atoms with Crippen molar-refractivity contribution in [1.29, 1.82) is 0 Å². The molecule has 0 aromatic carbocycles. The van der Waals surface area contributed by atoms with Crippen molar-refractivity contribution in [1.82, 2.24) is 4.90 Å². The standard InChI is InChI=1S/C13H23NO4/c1-3-9-7-10(11(8-9)13(17)18)12(16)14(2)5-4-6-15/h9-11,15H,3-8H2,1-2H3,(H,17,18). The molecule has 0 aliphatic heterocycles. The van der Waals surface area contributed by atoms with Crippen molar-refractivity contribution in [3.05, 3.63) is 0 Å². The predicted octanol–water partition coefficient (Wildman–Crippen LogP) is 0.964. The van der Waals surface area contributed by atoms with Gasteiger partial charge in [0, 0.05) is 20.2 Å². The number of nitrogens with zero attached hydrogens (tertiary/aromatic N) is 1. The number of aliphatic hydroxyl groups excluding tert-OH is 1. The molecule has 1 aliphatic carbocycles. The van der Waals surface area contributed by atoms with Gasteiger partial charge in [0.25, 0.3) is 0 Å². The quantitative estimate of drug-likeness (QED) is 0.743. The van der Waals surface area contributed by atoms with Gasteiger partial charge >= 0.3 is 5.97 Å². The second-order valence-corrected chi connectivity index (χ2v) is 5.13. The van der Waals surface area contributed by atoms with Crippen LogP contribution in [0.2, 0.25) is 0 Å². The molecule has 5 nitrogen and oxygen atoms in total. The van der Waals surface area contributed by atoms with E-state index in [9.17, 15) is 14.7 Å². The van der Waals surface area contributed by atoms with Gasteiger partial charge in [-0.05, 0) is 25.2 Å². The van der Waals surface area contributed by atoms with E-state index in [1.165, 1.54) is 0 Å². The lowest BCUT2D eigenvalue weighted by Crippen LogP contribution is -2.37. The van der Waals surface area contributed by atoms with Crippen molar-refractivity contribution in [2.45, 2.75) is 32.6 Å². The van der Waals surface area contributed by atoms with Crippen LogP contribution in [0.1, 0.15) is 32.6 Å². The van der Waals surface area contributed by atoms with Gasteiger partial charge in [-0.25, -0.2) is 0 Å². The number of aliphatic carboxylic acids is 1. The molecule has 0 saturated heterocycles. The molecule has 18 heavy (non-hydrogen) atoms. The molecule has 1 fully saturated rings. The Bertz CT molecular complexity index is 305. The molecule has 3 atom stereocenters. The Labute approximate surface area is 108 Å². The molecule has 1 amide bonds. The van der Waals surface area contributed by atoms with Crippen molar-refractivity contribution >= 4 is 11.9 Å². The zero-order valence-corrected chi connectivity index (χ0v) is 11.1. The summed E-state index contributed by atoms with van der Waals surface area (Å²) in [6.07, 6.45) is 2.74. The van der Waals surface area contributed by atoms with Crippen molar-refractivity contribution in [2.24, 2.45) is 17.8 Å². The van der Waals surface area contributed by atoms with Crippen LogP contribution in [0.15, 0.2) is 0 Å². The van der Waals surface area contributed by atoms with Gasteiger partial charge < -0.3 is 15.1 Å². The van der Waals surface area contributed by atoms with Gasteiger partial charge in [-0.1, -0.05) is 13.3 Å². The van der Waals surface area contributed by atoms with Crippen LogP contribution in [0, 0.1) is 17.8 Å². The lowest BCUT2D eigenvalue weighted by Gasteiger charge is -2.23. The molecule has 104 valence electrons. The highest BCUT2D eigenvalue weighted by atomic mass is 16.4. The van der Waals surface area contributed by atoms with Gasteiger partial charge in [0.2, 0.25) is 5.91 Å². The number of aliphatic hydroxyl groups is 1. The second kappa shape index (κ2) is 6.73. The predicted molar refractivity (Wildman–Crippen MR) is 67.0 cm³/mol. The summed E-state index contributed by atoms with van der Waals surface area (Å²) < 4.78 is 0. The van der Waals surface area contributed by atoms with Gasteiger partial charge in [0.15, 0.2) is 0 Å². The first-order chi connectivity index (χ1) is 8.51. The van der Waals surface area contributed by atoms with Crippen LogP contribution in [-0.2, 0) is 9.59 Å². The monoisotopic (exact) mass is 257 g/mol. The highest BCUT2D eigenvalue weighted by Gasteiger charge is 2.42. The molecule has 3 unspecified atom stereocenters. The van der Waals surface area contributed by atoms with Crippen LogP contribution >= 0.6 is 0 Å². The molecular weight excluding hydrogens is 234 g/mol. The van der Waals surface area contributed by atoms with E-state index in [0.717, 1.165) is 6.42 Å². The molecule has 1 saturated carbocycles. The average Bonchev–Trinajstić information content (AvgIpc) is 2.79. The number of hydrogen-bond acceptors (Lipinski definition) is 3. The lowest BCUT2D eigenvalue weighted by molar-refractivity contribution is -0.148. The maximum Gasteiger partial charge on any atom is 0.307 e. The third-order valence-corrected chi connectivity index (χ3v) is 3.90. The highest BCUT2D eigenvalue weighted by Crippen LogP contribution is 2.39. The summed E-state index contributed by atoms with van der Waals surface area (Å²) >= 11 is 0. The Morgan fingerprint density at radius 3 is 2.39 bits per heavy atom. The number of carbonyl (C=O) groups is 2. The van der Waals surface area contributed by atoms with Crippen molar-refractivity contribution < 1.29 is 19.8 Å². The van der Waals surface area contributed by atoms with Gasteiger partial charge in [-0.3, -0.25) is 9.59 Å². The van der Waals surface area contributed by atoms with Crippen LogP contribution in [0.5, 0.6) is 0 Å². The van der Waals surface area contributed by atoms with Crippen molar-refractivity contribution in [3.63, 3.8) is 0 Å². The molecule has 0 spiro atoms. The van der Waals surface area contributed by atoms with Crippen molar-refractivity contribution in [3.8, 4) is 0 Å². The van der Waals surface area contributed by atoms with Crippen LogP contribution in [0.3, 0.4) is 0 Å². The topological polar surface area (TPSA) is 77.8 Å². The Morgan fingerprint density at radius 1 is 1.28 bits per heavy atom. The van der Waals surface area contributed by atoms with E-state index in [2.05, 4.69) is 0 Å². The lowest BCUT2D eigenvalue weighted by atomic mass is 9.95. The summed E-state index contributed by atoms with van der Waals surface area (Å²) in [6.45, 7) is 2.56. The van der Waals surface area contributed by atoms with Gasteiger partial charge in [-0.15, -0.1) is 0 Å². The third kappa shape index (κ3) is 3.45. The van der Waals surface area contributed by atoms with E-state index < -0.39 is 17.8 Å². The Balaban J connectivity index is 2.67. The first-order valence-corrected chi connectivity index (χ1v) is 6.59. The molecule has 0 aromatic heterocycles. The van der Waals surface area contributed by atoms with Gasteiger partial charge in [0.1, 0.15) is 0 Å². The first kappa shape index (κ1) is 15.0. The minimum Gasteiger partial charge on any atom is -0.481 e. The summed E-state index contributed by atoms with van der Waals surface area (Å²) in [7, 11) is 1.68. The van der Waals surface area contributed by atoms with E-state index in [1.807, 2.05) is 6.92 Å². The van der Waals surface area contributed by atoms with Crippen LogP contribution < -0.4 is 0 Å². The maximum atomic E-state index is 12.2. The Hall–Kier alpha value is -1.10. The molecule has 0 heterocycles. The summed E-state index contributed by atoms with van der Waals surface area (Å²) in [5, 5.41) is 17.9. The van der Waals surface area contributed by atoms with Gasteiger partial charge in [0.05, 0.1) is 11.8 Å². The van der Waals surface area contributed by atoms with E-state index in [0.29, 0.717) is 31.7 Å². The molecule has 1 aliphatic rings. The molecule has 0 radical (unpaired) electrons. The molecular formula is C13H23NO4. The summed E-state index contributed by atoms with van der Waals surface area (Å²) in [6, 6.07) is 0. The maximum absolute atomic E-state index is 12.2. The zero-order chi connectivity index (χ0) is 13.7. The van der Waals surface area contributed by atoms with E-state index >= 15 is 0 Å². The largest absolute Gasteiger partial charge is 0.481 e. The third-order valence-electron chi connectivity index (χ3n) is 3.90. The fraction of sp³-hybridized carbons (Fsp3) is 0.846. The number of carbonyl (C=O) groups excluding carboxylic acids is 1. The highest BCUT2D eigenvalue weighted by molar-refractivity contribution is 5.85. The number of amides is 1. The summed E-state index contributed by atoms with van der Waals surface area (Å²) in [4.78, 5) is 25.0. The number of carboxylic acids is 1. The SMILES string of the molecule is CCC1CC(C(=O)O)C(C(=O)N(C)CCCO)C1. The van der Waals surface area contributed by atoms with E-state index in [1.54, 1.807) is 11.9 Å². The Kier molecular flexibility index (Phi) is 5.59. The first-order valence-electron chi connectivity index (χ1n) is 6.59. The summed E-state index contributed by atoms with van der Waals surface area (Å²) in [5.74, 6) is -1.55. The number of carboxylic acid groups (broad SMARTS) is 1. The number of rotatable bonds is 6. The molecule has 1 rings (SSSR count). The average molecular weight is 257 g/mol. The van der Waals surface area contributed by atoms with Crippen LogP contribution in [0.25, 0.3) is 0 Å². The fourth-order valence-electron chi connectivity index (χ4n) is 2.72. The molecule has 0 bridgehead atoms. The summed E-state index contributed by atoms with van der Waals surface area (Å²) in [5.41, 5.74) is 0. The van der Waals surface area contributed by atoms with Crippen molar-refractivity contribution in [2.75, 3.05) is 20.2 Å². The van der Waals surface area contributed by atoms with E-state index in [-0.39, 0.29) is 12.5 Å². The van der Waals surface area contributed by atoms with Crippen LogP contribution in [0.4, 0.5) is 0 Å². The minimum absolute atomic E-state index is 0.0439.